The first-order valence-corrected chi connectivity index (χ1v) is 13.1. The molecule has 1 fully saturated rings. The van der Waals surface area contributed by atoms with Crippen molar-refractivity contribution in [3.63, 3.8) is 0 Å². The van der Waals surface area contributed by atoms with Gasteiger partial charge in [0.05, 0.1) is 22.4 Å². The molecule has 1 saturated heterocycles. The number of aromatic nitrogens is 2. The summed E-state index contributed by atoms with van der Waals surface area (Å²) in [6, 6.07) is 12.6. The summed E-state index contributed by atoms with van der Waals surface area (Å²) in [6.07, 6.45) is 4.73. The van der Waals surface area contributed by atoms with E-state index in [2.05, 4.69) is 9.78 Å². The largest absolute Gasteiger partial charge is 0.376 e. The maximum absolute atomic E-state index is 13.4. The lowest BCUT2D eigenvalue weighted by Gasteiger charge is -2.26. The molecule has 1 atom stereocenters. The van der Waals surface area contributed by atoms with Crippen LogP contribution in [0.1, 0.15) is 28.9 Å². The molecule has 5 nitrogen and oxygen atoms in total. The van der Waals surface area contributed by atoms with Crippen LogP contribution in [0.25, 0.3) is 16.2 Å². The minimum Gasteiger partial charge on any atom is -0.376 e. The Bertz CT molecular complexity index is 1310. The normalized spacial score (nSPS) is 15.8. The van der Waals surface area contributed by atoms with Crippen molar-refractivity contribution in [2.75, 3.05) is 19.7 Å². The van der Waals surface area contributed by atoms with E-state index >= 15 is 0 Å². The average Bonchev–Trinajstić information content (AvgIpc) is 3.55. The number of carbonyl (C=O) groups excluding carboxylic acids is 1. The van der Waals surface area contributed by atoms with E-state index in [9.17, 15) is 4.79 Å². The Morgan fingerprint density at radius 3 is 2.68 bits per heavy atom. The molecule has 3 heterocycles. The van der Waals surface area contributed by atoms with E-state index in [1.807, 2.05) is 35.4 Å². The number of ether oxygens (including phenoxy) is 1. The number of halogens is 3. The molecular formula is C25H22Cl3N3O2S. The summed E-state index contributed by atoms with van der Waals surface area (Å²) in [7, 11) is 0. The minimum atomic E-state index is -0.115. The number of rotatable bonds is 7. The Kier molecular flexibility index (Phi) is 7.14. The molecule has 0 saturated carbocycles. The summed E-state index contributed by atoms with van der Waals surface area (Å²) in [6.45, 7) is 1.81. The van der Waals surface area contributed by atoms with Crippen molar-refractivity contribution in [1.29, 1.82) is 0 Å². The summed E-state index contributed by atoms with van der Waals surface area (Å²) in [5.41, 5.74) is 3.45. The van der Waals surface area contributed by atoms with Gasteiger partial charge < -0.3 is 9.64 Å². The zero-order chi connectivity index (χ0) is 23.7. The standard InChI is InChI=1S/C25H22Cl3N3O2S/c26-17-5-3-16(4-6-17)23-14-31-19(15-34-25(31)29-23)9-10-30(13-20-2-1-11-33-20)24(32)21-8-7-18(27)12-22(21)28/h3-8,12,14-15,20H,1-2,9-11,13H2. The van der Waals surface area contributed by atoms with Gasteiger partial charge in [-0.05, 0) is 43.2 Å². The van der Waals surface area contributed by atoms with Crippen LogP contribution in [-0.4, -0.2) is 46.0 Å². The van der Waals surface area contributed by atoms with Gasteiger partial charge in [-0.2, -0.15) is 0 Å². The number of imidazole rings is 1. The highest BCUT2D eigenvalue weighted by molar-refractivity contribution is 7.15. The van der Waals surface area contributed by atoms with Gasteiger partial charge in [0.2, 0.25) is 0 Å². The number of benzene rings is 2. The van der Waals surface area contributed by atoms with Crippen LogP contribution in [0.2, 0.25) is 15.1 Å². The third kappa shape index (κ3) is 5.11. The lowest BCUT2D eigenvalue weighted by Crippen LogP contribution is -2.39. The predicted octanol–water partition coefficient (Wildman–Crippen LogP) is 6.89. The highest BCUT2D eigenvalue weighted by Gasteiger charge is 2.25. The molecule has 5 rings (SSSR count). The van der Waals surface area contributed by atoms with Gasteiger partial charge in [0.15, 0.2) is 4.96 Å². The molecule has 4 aromatic rings. The molecule has 0 bridgehead atoms. The maximum atomic E-state index is 13.4. The van der Waals surface area contributed by atoms with Crippen LogP contribution in [0.5, 0.6) is 0 Å². The van der Waals surface area contributed by atoms with Crippen molar-refractivity contribution in [1.82, 2.24) is 14.3 Å². The predicted molar refractivity (Wildman–Crippen MR) is 139 cm³/mol. The van der Waals surface area contributed by atoms with Gasteiger partial charge in [0, 0.05) is 59.0 Å². The molecule has 1 aliphatic rings. The Balaban J connectivity index is 1.37. The highest BCUT2D eigenvalue weighted by atomic mass is 35.5. The molecule has 0 aliphatic carbocycles. The Hall–Kier alpha value is -2.09. The Morgan fingerprint density at radius 1 is 1.15 bits per heavy atom. The second-order valence-corrected chi connectivity index (χ2v) is 10.4. The highest BCUT2D eigenvalue weighted by Crippen LogP contribution is 2.27. The summed E-state index contributed by atoms with van der Waals surface area (Å²) in [5, 5.41) is 3.65. The number of hydrogen-bond donors (Lipinski definition) is 0. The van der Waals surface area contributed by atoms with E-state index in [1.54, 1.807) is 29.5 Å². The van der Waals surface area contributed by atoms with Crippen LogP contribution in [0.4, 0.5) is 0 Å². The smallest absolute Gasteiger partial charge is 0.255 e. The third-order valence-corrected chi connectivity index (χ3v) is 7.65. The monoisotopic (exact) mass is 533 g/mol. The molecule has 2 aromatic heterocycles. The molecule has 2 aromatic carbocycles. The van der Waals surface area contributed by atoms with Crippen LogP contribution < -0.4 is 0 Å². The fourth-order valence-electron chi connectivity index (χ4n) is 4.16. The van der Waals surface area contributed by atoms with Crippen molar-refractivity contribution in [3.05, 3.63) is 80.4 Å². The molecule has 1 aliphatic heterocycles. The van der Waals surface area contributed by atoms with Gasteiger partial charge in [0.25, 0.3) is 5.91 Å². The van der Waals surface area contributed by atoms with Crippen molar-refractivity contribution >= 4 is 57.0 Å². The lowest BCUT2D eigenvalue weighted by atomic mass is 10.1. The maximum Gasteiger partial charge on any atom is 0.255 e. The molecule has 0 radical (unpaired) electrons. The van der Waals surface area contributed by atoms with Crippen LogP contribution in [-0.2, 0) is 11.2 Å². The van der Waals surface area contributed by atoms with Gasteiger partial charge in [-0.3, -0.25) is 9.20 Å². The molecule has 9 heteroatoms. The molecule has 0 N–H and O–H groups in total. The fourth-order valence-corrected chi connectivity index (χ4v) is 5.68. The third-order valence-electron chi connectivity index (χ3n) is 5.96. The minimum absolute atomic E-state index is 0.0438. The summed E-state index contributed by atoms with van der Waals surface area (Å²) in [5.74, 6) is -0.115. The van der Waals surface area contributed by atoms with Crippen LogP contribution >= 0.6 is 46.1 Å². The topological polar surface area (TPSA) is 46.8 Å². The first-order chi connectivity index (χ1) is 16.5. The molecule has 1 amide bonds. The zero-order valence-corrected chi connectivity index (χ0v) is 21.3. The first-order valence-electron chi connectivity index (χ1n) is 11.1. The number of hydrogen-bond acceptors (Lipinski definition) is 4. The van der Waals surface area contributed by atoms with Crippen LogP contribution in [0.3, 0.4) is 0 Å². The van der Waals surface area contributed by atoms with Gasteiger partial charge >= 0.3 is 0 Å². The van der Waals surface area contributed by atoms with Crippen molar-refractivity contribution in [3.8, 4) is 11.3 Å². The lowest BCUT2D eigenvalue weighted by molar-refractivity contribution is 0.0528. The number of fused-ring (bicyclic) bond motifs is 1. The fraction of sp³-hybridized carbons (Fsp3) is 0.280. The van der Waals surface area contributed by atoms with E-state index in [0.29, 0.717) is 40.1 Å². The summed E-state index contributed by atoms with van der Waals surface area (Å²) >= 11 is 20.0. The van der Waals surface area contributed by atoms with Gasteiger partial charge in [0.1, 0.15) is 0 Å². The number of carbonyl (C=O) groups is 1. The molecule has 34 heavy (non-hydrogen) atoms. The second kappa shape index (κ2) is 10.3. The quantitative estimate of drug-likeness (QED) is 0.259. The number of thiazole rings is 1. The first kappa shape index (κ1) is 23.6. The molecule has 176 valence electrons. The van der Waals surface area contributed by atoms with Crippen LogP contribution in [0, 0.1) is 0 Å². The van der Waals surface area contributed by atoms with Gasteiger partial charge in [-0.15, -0.1) is 11.3 Å². The van der Waals surface area contributed by atoms with E-state index in [-0.39, 0.29) is 12.0 Å². The van der Waals surface area contributed by atoms with E-state index in [4.69, 9.17) is 44.5 Å². The summed E-state index contributed by atoms with van der Waals surface area (Å²) < 4.78 is 7.91. The van der Waals surface area contributed by atoms with Gasteiger partial charge in [-0.1, -0.05) is 46.9 Å². The van der Waals surface area contributed by atoms with Crippen LogP contribution in [0.15, 0.2) is 54.0 Å². The van der Waals surface area contributed by atoms with E-state index in [0.717, 1.165) is 41.4 Å². The Labute approximate surface area is 216 Å². The molecular weight excluding hydrogens is 513 g/mol. The van der Waals surface area contributed by atoms with Crippen molar-refractivity contribution < 1.29 is 9.53 Å². The van der Waals surface area contributed by atoms with Crippen molar-refractivity contribution in [2.45, 2.75) is 25.4 Å². The number of amides is 1. The summed E-state index contributed by atoms with van der Waals surface area (Å²) in [4.78, 5) is 20.9. The average molecular weight is 535 g/mol. The zero-order valence-electron chi connectivity index (χ0n) is 18.2. The van der Waals surface area contributed by atoms with Crippen molar-refractivity contribution in [2.24, 2.45) is 0 Å². The number of nitrogens with zero attached hydrogens (tertiary/aromatic N) is 3. The molecule has 1 unspecified atom stereocenters. The SMILES string of the molecule is O=C(c1ccc(Cl)cc1Cl)N(CCc1csc2nc(-c3ccc(Cl)cc3)cn12)CC1CCCO1. The molecule has 0 spiro atoms. The Morgan fingerprint density at radius 2 is 1.94 bits per heavy atom. The van der Waals surface area contributed by atoms with E-state index < -0.39 is 0 Å². The van der Waals surface area contributed by atoms with E-state index in [1.165, 1.54) is 0 Å². The van der Waals surface area contributed by atoms with Gasteiger partial charge in [-0.25, -0.2) is 4.98 Å². The second-order valence-electron chi connectivity index (χ2n) is 8.27.